The molecule has 0 unspecified atom stereocenters. The number of ether oxygens (including phenoxy) is 1. The van der Waals surface area contributed by atoms with Gasteiger partial charge in [-0.2, -0.15) is 0 Å². The van der Waals surface area contributed by atoms with Gasteiger partial charge in [0.25, 0.3) is 5.91 Å². The Kier molecular flexibility index (Phi) is 4.91. The molecule has 0 spiro atoms. The number of imidazole rings is 1. The van der Waals surface area contributed by atoms with Crippen LogP contribution in [0.25, 0.3) is 16.9 Å². The Bertz CT molecular complexity index is 1180. The summed E-state index contributed by atoms with van der Waals surface area (Å²) in [6, 6.07) is 19.6. The Morgan fingerprint density at radius 2 is 1.76 bits per heavy atom. The lowest BCUT2D eigenvalue weighted by atomic mass is 10.1. The molecule has 3 N–H and O–H groups in total. The average Bonchev–Trinajstić information content (AvgIpc) is 3.08. The van der Waals surface area contributed by atoms with Gasteiger partial charge < -0.3 is 15.8 Å². The largest absolute Gasteiger partial charge is 0.483 e. The number of nitrogens with zero attached hydrogens (tertiary/aromatic N) is 2. The molecule has 0 aliphatic heterocycles. The molecule has 2 aromatic carbocycles. The maximum Gasteiger partial charge on any atom is 0.255 e. The topological polar surface area (TPSA) is 81.6 Å². The number of benzene rings is 2. The van der Waals surface area contributed by atoms with Crippen molar-refractivity contribution >= 4 is 23.1 Å². The first kappa shape index (κ1) is 18.6. The number of nitrogens with two attached hydrogens (primary N) is 1. The molecular weight excluding hydrogens is 364 g/mol. The number of hydrogen-bond acceptors (Lipinski definition) is 4. The number of rotatable bonds is 6. The van der Waals surface area contributed by atoms with Crippen LogP contribution in [0.1, 0.15) is 11.1 Å². The highest BCUT2D eigenvalue weighted by molar-refractivity contribution is 5.84. The van der Waals surface area contributed by atoms with Gasteiger partial charge in [0.1, 0.15) is 22.9 Å². The number of amides is 1. The van der Waals surface area contributed by atoms with Crippen LogP contribution in [-0.2, 0) is 4.79 Å². The van der Waals surface area contributed by atoms with Gasteiger partial charge in [-0.3, -0.25) is 9.20 Å². The molecule has 0 radical (unpaired) electrons. The van der Waals surface area contributed by atoms with Crippen molar-refractivity contribution in [3.05, 3.63) is 78.0 Å². The van der Waals surface area contributed by atoms with E-state index in [1.54, 1.807) is 0 Å². The standard InChI is InChI=1S/C23H22N4O2/c1-15-8-7-9-16(2)21(15)26-23-22(25-20-12-5-6-13-27(20)23)17-10-3-4-11-18(17)29-14-19(24)28/h3-13,26H,14H2,1-2H3,(H2,24,28). The van der Waals surface area contributed by atoms with Crippen LogP contribution in [0, 0.1) is 13.8 Å². The van der Waals surface area contributed by atoms with Crippen molar-refractivity contribution in [3.63, 3.8) is 0 Å². The third-order valence-corrected chi connectivity index (χ3v) is 4.77. The lowest BCUT2D eigenvalue weighted by Crippen LogP contribution is -2.20. The molecule has 2 aromatic heterocycles. The zero-order valence-corrected chi connectivity index (χ0v) is 16.3. The van der Waals surface area contributed by atoms with Gasteiger partial charge in [0, 0.05) is 17.4 Å². The second-order valence-electron chi connectivity index (χ2n) is 6.88. The minimum absolute atomic E-state index is 0.190. The molecule has 2 heterocycles. The maximum absolute atomic E-state index is 11.2. The summed E-state index contributed by atoms with van der Waals surface area (Å²) in [6.07, 6.45) is 1.97. The van der Waals surface area contributed by atoms with Crippen LogP contribution in [0.4, 0.5) is 11.5 Å². The summed E-state index contributed by atoms with van der Waals surface area (Å²) in [5.41, 5.74) is 10.9. The first-order valence-corrected chi connectivity index (χ1v) is 9.35. The number of para-hydroxylation sites is 2. The summed E-state index contributed by atoms with van der Waals surface area (Å²) < 4.78 is 7.66. The minimum Gasteiger partial charge on any atom is -0.483 e. The van der Waals surface area contributed by atoms with Crippen LogP contribution >= 0.6 is 0 Å². The van der Waals surface area contributed by atoms with Crippen molar-refractivity contribution < 1.29 is 9.53 Å². The average molecular weight is 386 g/mol. The molecule has 0 aliphatic carbocycles. The summed E-state index contributed by atoms with van der Waals surface area (Å²) >= 11 is 0. The molecule has 1 amide bonds. The zero-order chi connectivity index (χ0) is 20.4. The van der Waals surface area contributed by atoms with E-state index in [-0.39, 0.29) is 6.61 Å². The fourth-order valence-corrected chi connectivity index (χ4v) is 3.37. The van der Waals surface area contributed by atoms with Crippen molar-refractivity contribution in [2.75, 3.05) is 11.9 Å². The summed E-state index contributed by atoms with van der Waals surface area (Å²) in [5.74, 6) is 0.857. The summed E-state index contributed by atoms with van der Waals surface area (Å²) in [5, 5.41) is 3.58. The van der Waals surface area contributed by atoms with E-state index in [0.29, 0.717) is 5.75 Å². The molecule has 0 fully saturated rings. The molecule has 6 heteroatoms. The van der Waals surface area contributed by atoms with Crippen molar-refractivity contribution in [2.45, 2.75) is 13.8 Å². The van der Waals surface area contributed by atoms with Gasteiger partial charge in [0.05, 0.1) is 0 Å². The number of carbonyl (C=O) groups is 1. The van der Waals surface area contributed by atoms with Gasteiger partial charge in [0.2, 0.25) is 0 Å². The van der Waals surface area contributed by atoms with Crippen LogP contribution in [0.5, 0.6) is 5.75 Å². The Hall–Kier alpha value is -3.80. The van der Waals surface area contributed by atoms with Gasteiger partial charge >= 0.3 is 0 Å². The molecule has 4 aromatic rings. The lowest BCUT2D eigenvalue weighted by Gasteiger charge is -2.15. The van der Waals surface area contributed by atoms with E-state index < -0.39 is 5.91 Å². The Labute approximate surface area is 169 Å². The van der Waals surface area contributed by atoms with E-state index >= 15 is 0 Å². The van der Waals surface area contributed by atoms with E-state index in [9.17, 15) is 4.79 Å². The summed E-state index contributed by atoms with van der Waals surface area (Å²) in [7, 11) is 0. The predicted octanol–water partition coefficient (Wildman–Crippen LogP) is 4.23. The molecule has 0 saturated heterocycles. The predicted molar refractivity (Wildman–Crippen MR) is 115 cm³/mol. The van der Waals surface area contributed by atoms with Crippen LogP contribution in [0.15, 0.2) is 66.9 Å². The van der Waals surface area contributed by atoms with E-state index in [1.807, 2.05) is 59.1 Å². The van der Waals surface area contributed by atoms with Crippen LogP contribution in [-0.4, -0.2) is 21.9 Å². The maximum atomic E-state index is 11.2. The molecule has 0 bridgehead atoms. The number of nitrogens with one attached hydrogen (secondary N) is 1. The number of hydrogen-bond donors (Lipinski definition) is 2. The molecular formula is C23H22N4O2. The van der Waals surface area contributed by atoms with E-state index in [1.165, 1.54) is 0 Å². The zero-order valence-electron chi connectivity index (χ0n) is 16.3. The molecule has 146 valence electrons. The molecule has 0 aliphatic rings. The first-order chi connectivity index (χ1) is 14.0. The molecule has 0 atom stereocenters. The SMILES string of the molecule is Cc1cccc(C)c1Nc1c(-c2ccccc2OCC(N)=O)nc2ccccn12. The third kappa shape index (κ3) is 3.65. The van der Waals surface area contributed by atoms with Gasteiger partial charge in [0.15, 0.2) is 6.61 Å². The first-order valence-electron chi connectivity index (χ1n) is 9.35. The number of pyridine rings is 1. The van der Waals surface area contributed by atoms with E-state index in [4.69, 9.17) is 15.5 Å². The summed E-state index contributed by atoms with van der Waals surface area (Å²) in [4.78, 5) is 16.0. The highest BCUT2D eigenvalue weighted by Crippen LogP contribution is 2.37. The monoisotopic (exact) mass is 386 g/mol. The number of carbonyl (C=O) groups excluding carboxylic acids is 1. The second kappa shape index (κ2) is 7.67. The number of aromatic nitrogens is 2. The molecule has 4 rings (SSSR count). The van der Waals surface area contributed by atoms with Crippen LogP contribution in [0.3, 0.4) is 0 Å². The fraction of sp³-hybridized carbons (Fsp3) is 0.130. The molecule has 29 heavy (non-hydrogen) atoms. The van der Waals surface area contributed by atoms with Crippen LogP contribution < -0.4 is 15.8 Å². The fourth-order valence-electron chi connectivity index (χ4n) is 3.37. The Morgan fingerprint density at radius 3 is 2.52 bits per heavy atom. The number of fused-ring (bicyclic) bond motifs is 1. The number of anilines is 2. The van der Waals surface area contributed by atoms with Crippen LogP contribution in [0.2, 0.25) is 0 Å². The second-order valence-corrected chi connectivity index (χ2v) is 6.88. The normalized spacial score (nSPS) is 10.8. The highest BCUT2D eigenvalue weighted by atomic mass is 16.5. The lowest BCUT2D eigenvalue weighted by molar-refractivity contribution is -0.119. The van der Waals surface area contributed by atoms with E-state index in [2.05, 4.69) is 31.3 Å². The van der Waals surface area contributed by atoms with Crippen molar-refractivity contribution in [2.24, 2.45) is 5.73 Å². The van der Waals surface area contributed by atoms with Gasteiger partial charge in [-0.05, 0) is 49.2 Å². The molecule has 0 saturated carbocycles. The minimum atomic E-state index is -0.524. The quantitative estimate of drug-likeness (QED) is 0.520. The Morgan fingerprint density at radius 1 is 1.03 bits per heavy atom. The molecule has 6 nitrogen and oxygen atoms in total. The van der Waals surface area contributed by atoms with Gasteiger partial charge in [-0.15, -0.1) is 0 Å². The van der Waals surface area contributed by atoms with Crippen molar-refractivity contribution in [1.29, 1.82) is 0 Å². The highest BCUT2D eigenvalue weighted by Gasteiger charge is 2.19. The summed E-state index contributed by atoms with van der Waals surface area (Å²) in [6.45, 7) is 3.95. The van der Waals surface area contributed by atoms with Gasteiger partial charge in [-0.25, -0.2) is 4.98 Å². The van der Waals surface area contributed by atoms with E-state index in [0.717, 1.165) is 39.5 Å². The Balaban J connectivity index is 1.88. The van der Waals surface area contributed by atoms with Gasteiger partial charge in [-0.1, -0.05) is 36.4 Å². The van der Waals surface area contributed by atoms with Crippen molar-refractivity contribution in [1.82, 2.24) is 9.38 Å². The van der Waals surface area contributed by atoms with Crippen molar-refractivity contribution in [3.8, 4) is 17.0 Å². The smallest absolute Gasteiger partial charge is 0.255 e. The third-order valence-electron chi connectivity index (χ3n) is 4.77. The number of aryl methyl sites for hydroxylation is 2. The number of primary amides is 1.